The van der Waals surface area contributed by atoms with E-state index in [1.165, 1.54) is 16.6 Å². The molecule has 0 saturated heterocycles. The third-order valence-electron chi connectivity index (χ3n) is 5.09. The number of hydrogen-bond acceptors (Lipinski definition) is 3. The molecule has 3 rings (SSSR count). The summed E-state index contributed by atoms with van der Waals surface area (Å²) >= 11 is 0. The van der Waals surface area contributed by atoms with Crippen molar-refractivity contribution in [1.29, 1.82) is 0 Å². The van der Waals surface area contributed by atoms with Crippen LogP contribution in [0.1, 0.15) is 49.4 Å². The van der Waals surface area contributed by atoms with Gasteiger partial charge in [0.1, 0.15) is 5.75 Å². The molecular formula is C21H27N3O. The van der Waals surface area contributed by atoms with Crippen LogP contribution in [0.3, 0.4) is 0 Å². The second-order valence-electron chi connectivity index (χ2n) is 6.73. The lowest BCUT2D eigenvalue weighted by Crippen LogP contribution is -1.98. The summed E-state index contributed by atoms with van der Waals surface area (Å²) in [5, 5.41) is 5.98. The highest BCUT2D eigenvalue weighted by molar-refractivity contribution is 5.84. The van der Waals surface area contributed by atoms with Crippen LogP contribution in [0.5, 0.6) is 5.75 Å². The molecule has 2 aromatic heterocycles. The fraction of sp³-hybridized carbons (Fsp3) is 0.429. The molecule has 0 aliphatic rings. The molecule has 0 amide bonds. The first-order valence-electron chi connectivity index (χ1n) is 8.99. The largest absolute Gasteiger partial charge is 0.497 e. The summed E-state index contributed by atoms with van der Waals surface area (Å²) in [6.45, 7) is 8.69. The Bertz CT molecular complexity index is 907. The molecular weight excluding hydrogens is 310 g/mol. The monoisotopic (exact) mass is 337 g/mol. The minimum Gasteiger partial charge on any atom is -0.497 e. The van der Waals surface area contributed by atoms with Gasteiger partial charge in [0.05, 0.1) is 18.5 Å². The topological polar surface area (TPSA) is 39.9 Å². The molecule has 25 heavy (non-hydrogen) atoms. The number of fused-ring (bicyclic) bond motifs is 1. The Morgan fingerprint density at radius 1 is 1.08 bits per heavy atom. The summed E-state index contributed by atoms with van der Waals surface area (Å²) in [6, 6.07) is 8.39. The Labute approximate surface area is 149 Å². The second-order valence-corrected chi connectivity index (χ2v) is 6.73. The summed E-state index contributed by atoms with van der Waals surface area (Å²) in [6.07, 6.45) is 2.20. The zero-order valence-corrected chi connectivity index (χ0v) is 16.1. The lowest BCUT2D eigenvalue weighted by molar-refractivity contribution is 0.414. The number of rotatable bonds is 5. The fourth-order valence-electron chi connectivity index (χ4n) is 3.58. The van der Waals surface area contributed by atoms with Crippen LogP contribution in [-0.4, -0.2) is 21.9 Å². The van der Waals surface area contributed by atoms with Crippen molar-refractivity contribution < 1.29 is 4.74 Å². The van der Waals surface area contributed by atoms with Crippen molar-refractivity contribution in [2.24, 2.45) is 7.05 Å². The van der Waals surface area contributed by atoms with Gasteiger partial charge in [0.15, 0.2) is 5.65 Å². The molecule has 2 heterocycles. The number of aromatic nitrogens is 3. The fourth-order valence-corrected chi connectivity index (χ4v) is 3.58. The average molecular weight is 337 g/mol. The van der Waals surface area contributed by atoms with Crippen LogP contribution in [0.25, 0.3) is 22.3 Å². The Morgan fingerprint density at radius 2 is 1.80 bits per heavy atom. The van der Waals surface area contributed by atoms with Gasteiger partial charge in [0.2, 0.25) is 0 Å². The average Bonchev–Trinajstić information content (AvgIpc) is 2.91. The molecule has 4 heteroatoms. The van der Waals surface area contributed by atoms with Crippen molar-refractivity contribution in [2.45, 2.75) is 46.5 Å². The quantitative estimate of drug-likeness (QED) is 0.645. The Kier molecular flexibility index (Phi) is 4.80. The lowest BCUT2D eigenvalue weighted by atomic mass is 9.95. The van der Waals surface area contributed by atoms with E-state index in [1.54, 1.807) is 7.11 Å². The van der Waals surface area contributed by atoms with Gasteiger partial charge >= 0.3 is 0 Å². The molecule has 1 aromatic carbocycles. The van der Waals surface area contributed by atoms with E-state index >= 15 is 0 Å². The summed E-state index contributed by atoms with van der Waals surface area (Å²) in [7, 11) is 3.68. The maximum Gasteiger partial charge on any atom is 0.158 e. The van der Waals surface area contributed by atoms with Crippen molar-refractivity contribution in [3.8, 4) is 17.0 Å². The molecule has 0 aliphatic carbocycles. The summed E-state index contributed by atoms with van der Waals surface area (Å²) in [5.41, 5.74) is 6.64. The van der Waals surface area contributed by atoms with Crippen LogP contribution >= 0.6 is 0 Å². The molecule has 0 atom stereocenters. The van der Waals surface area contributed by atoms with Crippen LogP contribution in [0, 0.1) is 13.8 Å². The van der Waals surface area contributed by atoms with Crippen molar-refractivity contribution in [2.75, 3.05) is 7.11 Å². The van der Waals surface area contributed by atoms with Crippen molar-refractivity contribution in [3.63, 3.8) is 0 Å². The maximum atomic E-state index is 5.33. The number of benzene rings is 1. The highest BCUT2D eigenvalue weighted by Gasteiger charge is 2.19. The number of nitrogens with zero attached hydrogens (tertiary/aromatic N) is 3. The molecule has 3 aromatic rings. The van der Waals surface area contributed by atoms with E-state index in [0.717, 1.165) is 41.1 Å². The van der Waals surface area contributed by atoms with Crippen LogP contribution in [0.4, 0.5) is 0 Å². The summed E-state index contributed by atoms with van der Waals surface area (Å²) < 4.78 is 7.25. The first-order valence-corrected chi connectivity index (χ1v) is 8.99. The summed E-state index contributed by atoms with van der Waals surface area (Å²) in [5.74, 6) is 1.36. The number of ether oxygens (including phenoxy) is 1. The second kappa shape index (κ2) is 6.87. The van der Waals surface area contributed by atoms with Gasteiger partial charge < -0.3 is 4.74 Å². The summed E-state index contributed by atoms with van der Waals surface area (Å²) in [4.78, 5) is 4.99. The van der Waals surface area contributed by atoms with Gasteiger partial charge in [0.25, 0.3) is 0 Å². The molecule has 132 valence electrons. The van der Waals surface area contributed by atoms with E-state index < -0.39 is 0 Å². The Hall–Kier alpha value is -2.36. The Morgan fingerprint density at radius 3 is 2.40 bits per heavy atom. The van der Waals surface area contributed by atoms with E-state index in [4.69, 9.17) is 14.8 Å². The van der Waals surface area contributed by atoms with E-state index in [1.807, 2.05) is 17.8 Å². The zero-order chi connectivity index (χ0) is 18.1. The normalized spacial score (nSPS) is 11.5. The first-order chi connectivity index (χ1) is 12.0. The number of pyridine rings is 1. The minimum atomic E-state index is 0.485. The molecule has 0 saturated carbocycles. The SMILES string of the molecule is CCC(CC)c1nn(C)c2nc(-c3ccc(OC)cc3C)c(C)cc12. The molecule has 0 aliphatic heterocycles. The van der Waals surface area contributed by atoms with E-state index in [9.17, 15) is 0 Å². The predicted octanol–water partition coefficient (Wildman–Crippen LogP) is 5.16. The highest BCUT2D eigenvalue weighted by Crippen LogP contribution is 2.33. The first kappa shape index (κ1) is 17.5. The van der Waals surface area contributed by atoms with Gasteiger partial charge in [-0.1, -0.05) is 13.8 Å². The molecule has 0 fully saturated rings. The van der Waals surface area contributed by atoms with Crippen molar-refractivity contribution in [3.05, 3.63) is 41.1 Å². The molecule has 0 bridgehead atoms. The van der Waals surface area contributed by atoms with E-state index in [2.05, 4.69) is 45.9 Å². The predicted molar refractivity (Wildman–Crippen MR) is 103 cm³/mol. The van der Waals surface area contributed by atoms with Crippen LogP contribution in [0.15, 0.2) is 24.3 Å². The van der Waals surface area contributed by atoms with Crippen molar-refractivity contribution >= 4 is 11.0 Å². The molecule has 0 unspecified atom stereocenters. The van der Waals surface area contributed by atoms with Crippen LogP contribution in [-0.2, 0) is 7.05 Å². The smallest absolute Gasteiger partial charge is 0.158 e. The van der Waals surface area contributed by atoms with E-state index in [0.29, 0.717) is 5.92 Å². The maximum absolute atomic E-state index is 5.33. The van der Waals surface area contributed by atoms with Crippen LogP contribution in [0.2, 0.25) is 0 Å². The van der Waals surface area contributed by atoms with E-state index in [-0.39, 0.29) is 0 Å². The van der Waals surface area contributed by atoms with Gasteiger partial charge in [-0.2, -0.15) is 5.10 Å². The van der Waals surface area contributed by atoms with Gasteiger partial charge in [-0.15, -0.1) is 0 Å². The molecule has 0 radical (unpaired) electrons. The molecule has 0 N–H and O–H groups in total. The number of hydrogen-bond donors (Lipinski definition) is 0. The molecule has 4 nitrogen and oxygen atoms in total. The number of aryl methyl sites for hydroxylation is 3. The lowest BCUT2D eigenvalue weighted by Gasteiger charge is -2.12. The van der Waals surface area contributed by atoms with Gasteiger partial charge in [-0.25, -0.2) is 4.98 Å². The Balaban J connectivity index is 2.19. The van der Waals surface area contributed by atoms with Crippen molar-refractivity contribution in [1.82, 2.24) is 14.8 Å². The molecule has 0 spiro atoms. The minimum absolute atomic E-state index is 0.485. The van der Waals surface area contributed by atoms with Gasteiger partial charge in [0, 0.05) is 23.9 Å². The highest BCUT2D eigenvalue weighted by atomic mass is 16.5. The van der Waals surface area contributed by atoms with Gasteiger partial charge in [-0.3, -0.25) is 4.68 Å². The number of methoxy groups -OCH3 is 1. The third-order valence-corrected chi connectivity index (χ3v) is 5.09. The van der Waals surface area contributed by atoms with Gasteiger partial charge in [-0.05, 0) is 62.1 Å². The third kappa shape index (κ3) is 3.01. The van der Waals surface area contributed by atoms with Crippen LogP contribution < -0.4 is 4.74 Å². The standard InChI is InChI=1S/C21H27N3O/c1-7-15(8-2)20-18-12-14(4)19(22-21(18)24(5)23-20)17-10-9-16(25-6)11-13(17)3/h9-12,15H,7-8H2,1-6H3. The zero-order valence-electron chi connectivity index (χ0n) is 16.1.